The summed E-state index contributed by atoms with van der Waals surface area (Å²) in [5.74, 6) is -0.476. The molecule has 0 unspecified atom stereocenters. The molecule has 0 aliphatic rings. The Morgan fingerprint density at radius 2 is 2.22 bits per heavy atom. The molecule has 0 aromatic heterocycles. The van der Waals surface area contributed by atoms with E-state index in [0.717, 1.165) is 0 Å². The topological polar surface area (TPSA) is 82.4 Å². The maximum absolute atomic E-state index is 10.6. The number of carboxylic acid groups (broad SMARTS) is 1. The number of nitrogens with zero attached hydrogens (tertiary/aromatic N) is 1. The molecule has 18 heavy (non-hydrogen) atoms. The number of ether oxygens (including phenoxy) is 2. The molecule has 94 valence electrons. The van der Waals surface area contributed by atoms with E-state index in [9.17, 15) is 9.90 Å². The number of rotatable bonds is 5. The smallest absolute Gasteiger partial charge is 0.161 e. The number of carboxylic acids is 1. The van der Waals surface area contributed by atoms with Crippen molar-refractivity contribution in [2.45, 2.75) is 6.92 Å². The van der Waals surface area contributed by atoms with E-state index in [2.05, 4.69) is 0 Å². The Morgan fingerprint density at radius 3 is 2.72 bits per heavy atom. The van der Waals surface area contributed by atoms with Crippen LogP contribution in [0.3, 0.4) is 0 Å². The first kappa shape index (κ1) is 13.6. The van der Waals surface area contributed by atoms with Gasteiger partial charge >= 0.3 is 0 Å². The van der Waals surface area contributed by atoms with Crippen molar-refractivity contribution in [1.82, 2.24) is 0 Å². The summed E-state index contributed by atoms with van der Waals surface area (Å²) in [4.78, 5) is 10.6. The van der Waals surface area contributed by atoms with Gasteiger partial charge < -0.3 is 19.4 Å². The fourth-order valence-corrected chi connectivity index (χ4v) is 1.35. The normalized spacial score (nSPS) is 10.6. The number of carbonyl (C=O) groups is 1. The average molecular weight is 246 g/mol. The van der Waals surface area contributed by atoms with Crippen molar-refractivity contribution in [2.24, 2.45) is 0 Å². The number of benzene rings is 1. The molecule has 1 rings (SSSR count). The molecule has 0 heterocycles. The molecule has 0 saturated carbocycles. The van der Waals surface area contributed by atoms with Gasteiger partial charge in [0.05, 0.1) is 25.3 Å². The maximum atomic E-state index is 10.6. The Kier molecular flexibility index (Phi) is 4.76. The molecule has 0 radical (unpaired) electrons. The van der Waals surface area contributed by atoms with Crippen LogP contribution in [-0.4, -0.2) is 19.7 Å². The van der Waals surface area contributed by atoms with Gasteiger partial charge in [-0.05, 0) is 30.7 Å². The predicted molar refractivity (Wildman–Crippen MR) is 62.8 cm³/mol. The van der Waals surface area contributed by atoms with Crippen LogP contribution in [-0.2, 0) is 4.79 Å². The Hall–Kier alpha value is -2.48. The minimum absolute atomic E-state index is 0.443. The van der Waals surface area contributed by atoms with Crippen LogP contribution in [0, 0.1) is 11.3 Å². The molecular formula is C13H12NO4-. The van der Waals surface area contributed by atoms with Gasteiger partial charge in [-0.15, -0.1) is 0 Å². The molecule has 0 fully saturated rings. The van der Waals surface area contributed by atoms with Crippen LogP contribution >= 0.6 is 0 Å². The maximum Gasteiger partial charge on any atom is 0.161 e. The zero-order valence-corrected chi connectivity index (χ0v) is 10.1. The molecule has 0 bridgehead atoms. The SMILES string of the molecule is CCOc1ccc(C=C(C#N)C(=O)[O-])cc1OC. The molecule has 0 atom stereocenters. The molecule has 1 aromatic rings. The number of methoxy groups -OCH3 is 1. The van der Waals surface area contributed by atoms with Gasteiger partial charge in [0, 0.05) is 0 Å². The second-order valence-electron chi connectivity index (χ2n) is 3.30. The number of hydrogen-bond donors (Lipinski definition) is 0. The third-order valence-corrected chi connectivity index (χ3v) is 2.14. The quantitative estimate of drug-likeness (QED) is 0.565. The first-order chi connectivity index (χ1) is 8.62. The summed E-state index contributed by atoms with van der Waals surface area (Å²) in [5, 5.41) is 19.2. The standard InChI is InChI=1S/C13H13NO4/c1-3-18-11-5-4-9(7-12(11)17-2)6-10(8-14)13(15)16/h4-7H,3H2,1-2H3,(H,15,16)/p-1. The number of carbonyl (C=O) groups excluding carboxylic acids is 1. The van der Waals surface area contributed by atoms with Crippen LogP contribution < -0.4 is 14.6 Å². The second kappa shape index (κ2) is 6.30. The Bertz CT molecular complexity index is 514. The highest BCUT2D eigenvalue weighted by atomic mass is 16.5. The molecule has 0 amide bonds. The summed E-state index contributed by atoms with van der Waals surface area (Å²) in [6.45, 7) is 2.34. The van der Waals surface area contributed by atoms with Gasteiger partial charge in [0.25, 0.3) is 0 Å². The Balaban J connectivity index is 3.13. The summed E-state index contributed by atoms with van der Waals surface area (Å²) in [6.07, 6.45) is 1.22. The molecule has 0 saturated heterocycles. The number of hydrogen-bond acceptors (Lipinski definition) is 5. The third kappa shape index (κ3) is 3.25. The highest BCUT2D eigenvalue weighted by Gasteiger charge is 2.05. The van der Waals surface area contributed by atoms with E-state index in [0.29, 0.717) is 23.7 Å². The van der Waals surface area contributed by atoms with Gasteiger partial charge in [-0.25, -0.2) is 0 Å². The summed E-state index contributed by atoms with van der Waals surface area (Å²) < 4.78 is 10.4. The summed E-state index contributed by atoms with van der Waals surface area (Å²) >= 11 is 0. The van der Waals surface area contributed by atoms with Gasteiger partial charge in [0.2, 0.25) is 0 Å². The van der Waals surface area contributed by atoms with Crippen molar-refractivity contribution in [1.29, 1.82) is 5.26 Å². The highest BCUT2D eigenvalue weighted by Crippen LogP contribution is 2.28. The molecule has 0 spiro atoms. The van der Waals surface area contributed by atoms with Gasteiger partial charge in [-0.2, -0.15) is 5.26 Å². The molecule has 0 N–H and O–H groups in total. The highest BCUT2D eigenvalue weighted by molar-refractivity contribution is 5.95. The second-order valence-corrected chi connectivity index (χ2v) is 3.30. The van der Waals surface area contributed by atoms with Crippen LogP contribution in [0.5, 0.6) is 11.5 Å². The fraction of sp³-hybridized carbons (Fsp3) is 0.231. The fourth-order valence-electron chi connectivity index (χ4n) is 1.35. The van der Waals surface area contributed by atoms with Crippen molar-refractivity contribution < 1.29 is 19.4 Å². The van der Waals surface area contributed by atoms with Crippen LogP contribution in [0.1, 0.15) is 12.5 Å². The lowest BCUT2D eigenvalue weighted by Gasteiger charge is -2.09. The van der Waals surface area contributed by atoms with Gasteiger partial charge in [-0.1, -0.05) is 6.07 Å². The number of nitriles is 1. The lowest BCUT2D eigenvalue weighted by molar-refractivity contribution is -0.298. The molecule has 1 aromatic carbocycles. The zero-order valence-electron chi connectivity index (χ0n) is 10.1. The van der Waals surface area contributed by atoms with E-state index < -0.39 is 11.5 Å². The van der Waals surface area contributed by atoms with E-state index in [4.69, 9.17) is 14.7 Å². The van der Waals surface area contributed by atoms with Crippen molar-refractivity contribution in [3.05, 3.63) is 29.3 Å². The number of aliphatic carboxylic acids is 1. The van der Waals surface area contributed by atoms with Crippen molar-refractivity contribution in [3.63, 3.8) is 0 Å². The molecular weight excluding hydrogens is 234 g/mol. The van der Waals surface area contributed by atoms with Gasteiger partial charge in [0.1, 0.15) is 6.07 Å². The van der Waals surface area contributed by atoms with E-state index in [1.54, 1.807) is 24.3 Å². The molecule has 5 heteroatoms. The van der Waals surface area contributed by atoms with Gasteiger partial charge in [-0.3, -0.25) is 0 Å². The monoisotopic (exact) mass is 246 g/mol. The van der Waals surface area contributed by atoms with Gasteiger partial charge in [0.15, 0.2) is 11.5 Å². The summed E-state index contributed by atoms with van der Waals surface area (Å²) in [5.41, 5.74) is 0.0808. The van der Waals surface area contributed by atoms with Crippen molar-refractivity contribution in [3.8, 4) is 17.6 Å². The van der Waals surface area contributed by atoms with Crippen LogP contribution in [0.4, 0.5) is 0 Å². The first-order valence-electron chi connectivity index (χ1n) is 5.26. The molecule has 0 aliphatic carbocycles. The van der Waals surface area contributed by atoms with Crippen LogP contribution in [0.25, 0.3) is 6.08 Å². The van der Waals surface area contributed by atoms with Crippen LogP contribution in [0.2, 0.25) is 0 Å². The Labute approximate surface area is 105 Å². The largest absolute Gasteiger partial charge is 0.544 e. The molecule has 0 aliphatic heterocycles. The van der Waals surface area contributed by atoms with Crippen molar-refractivity contribution in [2.75, 3.05) is 13.7 Å². The zero-order chi connectivity index (χ0) is 13.5. The summed E-state index contributed by atoms with van der Waals surface area (Å²) in [7, 11) is 1.48. The third-order valence-electron chi connectivity index (χ3n) is 2.14. The van der Waals surface area contributed by atoms with Crippen LogP contribution in [0.15, 0.2) is 23.8 Å². The predicted octanol–water partition coefficient (Wildman–Crippen LogP) is 0.751. The minimum Gasteiger partial charge on any atom is -0.544 e. The summed E-state index contributed by atoms with van der Waals surface area (Å²) in [6, 6.07) is 6.43. The first-order valence-corrected chi connectivity index (χ1v) is 5.26. The average Bonchev–Trinajstić information content (AvgIpc) is 2.37. The van der Waals surface area contributed by atoms with Crippen molar-refractivity contribution >= 4 is 12.0 Å². The molecule has 5 nitrogen and oxygen atoms in total. The van der Waals surface area contributed by atoms with E-state index >= 15 is 0 Å². The minimum atomic E-state index is -1.51. The lowest BCUT2D eigenvalue weighted by Crippen LogP contribution is -2.23. The Morgan fingerprint density at radius 1 is 1.50 bits per heavy atom. The lowest BCUT2D eigenvalue weighted by atomic mass is 10.1. The van der Waals surface area contributed by atoms with E-state index in [1.807, 2.05) is 6.92 Å². The van der Waals surface area contributed by atoms with E-state index in [1.165, 1.54) is 13.2 Å². The van der Waals surface area contributed by atoms with E-state index in [-0.39, 0.29) is 0 Å².